The third-order valence-corrected chi connectivity index (χ3v) is 7.68. The summed E-state index contributed by atoms with van der Waals surface area (Å²) in [6.45, 7) is 5.41. The van der Waals surface area contributed by atoms with Gasteiger partial charge in [-0.2, -0.15) is 0 Å². The van der Waals surface area contributed by atoms with E-state index in [2.05, 4.69) is 26.2 Å². The number of nitrogens with zero attached hydrogens (tertiary/aromatic N) is 4. The van der Waals surface area contributed by atoms with Gasteiger partial charge in [-0.05, 0) is 55.0 Å². The van der Waals surface area contributed by atoms with Gasteiger partial charge in [0.1, 0.15) is 11.0 Å². The summed E-state index contributed by atoms with van der Waals surface area (Å²) in [5.74, 6) is 1.37. The molecule has 1 saturated heterocycles. The van der Waals surface area contributed by atoms with Crippen molar-refractivity contribution in [2.75, 3.05) is 41.3 Å². The Morgan fingerprint density at radius 1 is 0.895 bits per heavy atom. The highest BCUT2D eigenvalue weighted by atomic mass is 35.5. The zero-order valence-corrected chi connectivity index (χ0v) is 23.2. The summed E-state index contributed by atoms with van der Waals surface area (Å²) in [6.07, 6.45) is 0. The SMILES string of the molecule is Cc1ccc(NC(=O)c2ccc(CSc3nc(Cl)cc(N4CCN(c5cccc(Cl)c5)CC4)n3)cc2)cc1. The average Bonchev–Trinajstić information content (AvgIpc) is 2.93. The van der Waals surface area contributed by atoms with Gasteiger partial charge >= 0.3 is 0 Å². The number of anilines is 3. The minimum absolute atomic E-state index is 0.133. The van der Waals surface area contributed by atoms with Crippen LogP contribution >= 0.6 is 35.0 Å². The maximum Gasteiger partial charge on any atom is 0.255 e. The predicted octanol–water partition coefficient (Wildman–Crippen LogP) is 6.96. The first kappa shape index (κ1) is 26.4. The number of rotatable bonds is 7. The first-order valence-corrected chi connectivity index (χ1v) is 14.1. The predicted molar refractivity (Wildman–Crippen MR) is 158 cm³/mol. The number of carbonyl (C=O) groups excluding carboxylic acids is 1. The highest BCUT2D eigenvalue weighted by Crippen LogP contribution is 2.27. The molecule has 0 saturated carbocycles. The summed E-state index contributed by atoms with van der Waals surface area (Å²) >= 11 is 14.1. The minimum Gasteiger partial charge on any atom is -0.368 e. The molecule has 0 unspecified atom stereocenters. The van der Waals surface area contributed by atoms with E-state index in [9.17, 15) is 4.79 Å². The van der Waals surface area contributed by atoms with Gasteiger partial charge in [0.2, 0.25) is 0 Å². The number of piperazine rings is 1. The van der Waals surface area contributed by atoms with Gasteiger partial charge in [0, 0.05) is 60.0 Å². The first-order chi connectivity index (χ1) is 18.4. The van der Waals surface area contributed by atoms with E-state index in [1.807, 2.05) is 79.7 Å². The fourth-order valence-corrected chi connectivity index (χ4v) is 5.44. The van der Waals surface area contributed by atoms with E-state index in [0.29, 0.717) is 21.6 Å². The summed E-state index contributed by atoms with van der Waals surface area (Å²) in [5.41, 5.74) is 4.74. The fraction of sp³-hybridized carbons (Fsp3) is 0.207. The number of halogens is 2. The molecular formula is C29H27Cl2N5OS. The van der Waals surface area contributed by atoms with E-state index in [0.717, 1.165) is 59.5 Å². The smallest absolute Gasteiger partial charge is 0.255 e. The van der Waals surface area contributed by atoms with Crippen LogP contribution in [0.15, 0.2) is 84.0 Å². The number of amides is 1. The third kappa shape index (κ3) is 6.78. The molecule has 0 radical (unpaired) electrons. The quantitative estimate of drug-likeness (QED) is 0.149. The molecule has 1 fully saturated rings. The molecular weight excluding hydrogens is 537 g/mol. The highest BCUT2D eigenvalue weighted by molar-refractivity contribution is 7.98. The van der Waals surface area contributed by atoms with Crippen LogP contribution in [-0.2, 0) is 5.75 Å². The monoisotopic (exact) mass is 563 g/mol. The molecule has 194 valence electrons. The van der Waals surface area contributed by atoms with E-state index < -0.39 is 0 Å². The second-order valence-corrected chi connectivity index (χ2v) is 10.9. The van der Waals surface area contributed by atoms with Crippen molar-refractivity contribution >= 4 is 58.1 Å². The molecule has 0 aliphatic carbocycles. The molecule has 1 N–H and O–H groups in total. The summed E-state index contributed by atoms with van der Waals surface area (Å²) in [7, 11) is 0. The lowest BCUT2D eigenvalue weighted by Crippen LogP contribution is -2.46. The van der Waals surface area contributed by atoms with E-state index in [1.165, 1.54) is 11.8 Å². The van der Waals surface area contributed by atoms with E-state index in [-0.39, 0.29) is 5.91 Å². The van der Waals surface area contributed by atoms with Crippen molar-refractivity contribution in [2.45, 2.75) is 17.8 Å². The molecule has 0 atom stereocenters. The zero-order chi connectivity index (χ0) is 26.5. The van der Waals surface area contributed by atoms with E-state index in [4.69, 9.17) is 28.2 Å². The summed E-state index contributed by atoms with van der Waals surface area (Å²) in [6, 6.07) is 25.1. The Kier molecular flexibility index (Phi) is 8.37. The molecule has 6 nitrogen and oxygen atoms in total. The van der Waals surface area contributed by atoms with Crippen molar-refractivity contribution in [2.24, 2.45) is 0 Å². The molecule has 0 spiro atoms. The highest BCUT2D eigenvalue weighted by Gasteiger charge is 2.20. The van der Waals surface area contributed by atoms with Crippen LogP contribution < -0.4 is 15.1 Å². The van der Waals surface area contributed by atoms with Crippen LogP contribution in [0.2, 0.25) is 10.2 Å². The summed E-state index contributed by atoms with van der Waals surface area (Å²) in [5, 5.41) is 4.73. The van der Waals surface area contributed by atoms with Gasteiger partial charge in [-0.15, -0.1) is 0 Å². The Balaban J connectivity index is 1.17. The molecule has 1 aromatic heterocycles. The Morgan fingerprint density at radius 3 is 2.32 bits per heavy atom. The Hall–Kier alpha value is -3.26. The van der Waals surface area contributed by atoms with E-state index in [1.54, 1.807) is 0 Å². The largest absolute Gasteiger partial charge is 0.368 e. The molecule has 1 aliphatic rings. The topological polar surface area (TPSA) is 61.4 Å². The maximum absolute atomic E-state index is 12.6. The van der Waals surface area contributed by atoms with Gasteiger partial charge in [-0.3, -0.25) is 4.79 Å². The number of hydrogen-bond donors (Lipinski definition) is 1. The number of carbonyl (C=O) groups is 1. The van der Waals surface area contributed by atoms with Crippen LogP contribution in [0.25, 0.3) is 0 Å². The van der Waals surface area contributed by atoms with Crippen molar-refractivity contribution in [3.05, 3.63) is 106 Å². The van der Waals surface area contributed by atoms with Crippen molar-refractivity contribution in [3.8, 4) is 0 Å². The van der Waals surface area contributed by atoms with Crippen LogP contribution in [0.1, 0.15) is 21.5 Å². The van der Waals surface area contributed by atoms with Crippen LogP contribution in [-0.4, -0.2) is 42.1 Å². The van der Waals surface area contributed by atoms with Gasteiger partial charge in [-0.1, -0.05) is 70.9 Å². The number of aryl methyl sites for hydroxylation is 1. The Labute approximate surface area is 237 Å². The number of hydrogen-bond acceptors (Lipinski definition) is 6. The molecule has 4 aromatic rings. The molecule has 0 bridgehead atoms. The Bertz CT molecular complexity index is 1410. The molecule has 3 aromatic carbocycles. The van der Waals surface area contributed by atoms with Gasteiger partial charge < -0.3 is 15.1 Å². The lowest BCUT2D eigenvalue weighted by molar-refractivity contribution is 0.102. The van der Waals surface area contributed by atoms with Gasteiger partial charge in [0.15, 0.2) is 5.16 Å². The van der Waals surface area contributed by atoms with Crippen LogP contribution in [0.3, 0.4) is 0 Å². The summed E-state index contributed by atoms with van der Waals surface area (Å²) in [4.78, 5) is 26.3. The normalized spacial score (nSPS) is 13.4. The number of benzene rings is 3. The van der Waals surface area contributed by atoms with Crippen LogP contribution in [0.5, 0.6) is 0 Å². The Morgan fingerprint density at radius 2 is 1.61 bits per heavy atom. The third-order valence-electron chi connectivity index (χ3n) is 6.33. The number of thioether (sulfide) groups is 1. The van der Waals surface area contributed by atoms with E-state index >= 15 is 0 Å². The molecule has 2 heterocycles. The second-order valence-electron chi connectivity index (χ2n) is 9.09. The summed E-state index contributed by atoms with van der Waals surface area (Å²) < 4.78 is 0. The lowest BCUT2D eigenvalue weighted by atomic mass is 10.1. The van der Waals surface area contributed by atoms with Crippen molar-refractivity contribution in [3.63, 3.8) is 0 Å². The van der Waals surface area contributed by atoms with Gasteiger partial charge in [0.05, 0.1) is 0 Å². The molecule has 9 heteroatoms. The van der Waals surface area contributed by atoms with Gasteiger partial charge in [-0.25, -0.2) is 9.97 Å². The zero-order valence-electron chi connectivity index (χ0n) is 20.9. The van der Waals surface area contributed by atoms with Crippen molar-refractivity contribution in [1.82, 2.24) is 9.97 Å². The van der Waals surface area contributed by atoms with Crippen molar-refractivity contribution < 1.29 is 4.79 Å². The minimum atomic E-state index is -0.133. The number of nitrogens with one attached hydrogen (secondary N) is 1. The number of aromatic nitrogens is 2. The average molecular weight is 565 g/mol. The maximum atomic E-state index is 12.6. The fourth-order valence-electron chi connectivity index (χ4n) is 4.22. The molecule has 38 heavy (non-hydrogen) atoms. The molecule has 1 aliphatic heterocycles. The first-order valence-electron chi connectivity index (χ1n) is 12.3. The van der Waals surface area contributed by atoms with Crippen LogP contribution in [0.4, 0.5) is 17.2 Å². The second kappa shape index (κ2) is 12.1. The standard InChI is InChI=1S/C29H27Cl2N5OS/c1-20-5-11-24(12-6-20)32-28(37)22-9-7-21(8-10-22)19-38-29-33-26(31)18-27(34-29)36-15-13-35(14-16-36)25-4-2-3-23(30)17-25/h2-12,17-18H,13-16,19H2,1H3,(H,32,37). The van der Waals surface area contributed by atoms with Crippen molar-refractivity contribution in [1.29, 1.82) is 0 Å². The van der Waals surface area contributed by atoms with Gasteiger partial charge in [0.25, 0.3) is 5.91 Å². The lowest BCUT2D eigenvalue weighted by Gasteiger charge is -2.36. The molecule has 1 amide bonds. The van der Waals surface area contributed by atoms with Crippen LogP contribution in [0, 0.1) is 6.92 Å². The molecule has 5 rings (SSSR count).